The summed E-state index contributed by atoms with van der Waals surface area (Å²) in [6.45, 7) is 13.3. The second-order valence-electron chi connectivity index (χ2n) is 10.6. The van der Waals surface area contributed by atoms with E-state index in [4.69, 9.17) is 14.7 Å². The van der Waals surface area contributed by atoms with E-state index in [2.05, 4.69) is 88.9 Å². The summed E-state index contributed by atoms with van der Waals surface area (Å²) in [6.07, 6.45) is 3.71. The van der Waals surface area contributed by atoms with E-state index in [1.54, 1.807) is 0 Å². The summed E-state index contributed by atoms with van der Waals surface area (Å²) >= 11 is 0. The first-order valence-corrected chi connectivity index (χ1v) is 12.1. The van der Waals surface area contributed by atoms with Gasteiger partial charge >= 0.3 is 0 Å². The topological polar surface area (TPSA) is 38.2 Å². The fraction of sp³-hybridized carbons (Fsp3) is 0.226. The van der Waals surface area contributed by atoms with Gasteiger partial charge < -0.3 is 4.74 Å². The first kappa shape index (κ1) is 21.6. The molecule has 0 unspecified atom stereocenters. The SMILES string of the molecule is Cc1cc(C(C)(C)C)cc(C)c1N1c2c(ccc3cccnc23)Oc2cc(C)c3cccnc3c21. The Morgan fingerprint density at radius 1 is 0.686 bits per heavy atom. The molecule has 0 fully saturated rings. The van der Waals surface area contributed by atoms with Gasteiger partial charge in [0, 0.05) is 23.2 Å². The van der Waals surface area contributed by atoms with Gasteiger partial charge in [0.1, 0.15) is 11.4 Å². The molecule has 4 nitrogen and oxygen atoms in total. The predicted molar refractivity (Wildman–Crippen MR) is 145 cm³/mol. The van der Waals surface area contributed by atoms with E-state index >= 15 is 0 Å². The van der Waals surface area contributed by atoms with Gasteiger partial charge in [0.25, 0.3) is 0 Å². The van der Waals surface area contributed by atoms with Crippen LogP contribution in [0.25, 0.3) is 21.8 Å². The fourth-order valence-corrected chi connectivity index (χ4v) is 5.27. The second-order valence-corrected chi connectivity index (χ2v) is 10.6. The van der Waals surface area contributed by atoms with Crippen molar-refractivity contribution < 1.29 is 4.74 Å². The minimum absolute atomic E-state index is 0.0640. The molecule has 2 aromatic heterocycles. The van der Waals surface area contributed by atoms with Crippen molar-refractivity contribution in [2.75, 3.05) is 4.90 Å². The highest BCUT2D eigenvalue weighted by molar-refractivity contribution is 6.08. The molecule has 1 aliphatic rings. The Bertz CT molecular complexity index is 1620. The van der Waals surface area contributed by atoms with Crippen LogP contribution < -0.4 is 9.64 Å². The van der Waals surface area contributed by atoms with Crippen LogP contribution in [0.15, 0.2) is 67.0 Å². The number of fused-ring (bicyclic) bond motifs is 6. The molecule has 0 atom stereocenters. The predicted octanol–water partition coefficient (Wildman–Crippen LogP) is 8.58. The number of rotatable bonds is 1. The van der Waals surface area contributed by atoms with Crippen molar-refractivity contribution in [1.29, 1.82) is 0 Å². The Hall–Kier alpha value is -3.92. The van der Waals surface area contributed by atoms with Gasteiger partial charge in [-0.15, -0.1) is 0 Å². The normalized spacial score (nSPS) is 13.0. The maximum Gasteiger partial charge on any atom is 0.154 e. The van der Waals surface area contributed by atoms with Crippen LogP contribution in [0.2, 0.25) is 0 Å². The minimum Gasteiger partial charge on any atom is -0.453 e. The lowest BCUT2D eigenvalue weighted by Crippen LogP contribution is -2.20. The van der Waals surface area contributed by atoms with E-state index < -0.39 is 0 Å². The average Bonchev–Trinajstić information content (AvgIpc) is 2.82. The summed E-state index contributed by atoms with van der Waals surface area (Å²) in [7, 11) is 0. The van der Waals surface area contributed by atoms with Gasteiger partial charge in [-0.2, -0.15) is 0 Å². The van der Waals surface area contributed by atoms with Crippen LogP contribution in [0.3, 0.4) is 0 Å². The van der Waals surface area contributed by atoms with E-state index in [-0.39, 0.29) is 5.41 Å². The molecule has 0 saturated heterocycles. The number of anilines is 3. The monoisotopic (exact) mass is 459 g/mol. The van der Waals surface area contributed by atoms with Crippen LogP contribution >= 0.6 is 0 Å². The number of hydrogen-bond donors (Lipinski definition) is 0. The van der Waals surface area contributed by atoms with Crippen molar-refractivity contribution in [1.82, 2.24) is 9.97 Å². The highest BCUT2D eigenvalue weighted by atomic mass is 16.5. The molecule has 3 aromatic carbocycles. The van der Waals surface area contributed by atoms with Gasteiger partial charge in [-0.05, 0) is 78.8 Å². The smallest absolute Gasteiger partial charge is 0.154 e. The van der Waals surface area contributed by atoms with Gasteiger partial charge in [-0.3, -0.25) is 14.9 Å². The molecule has 174 valence electrons. The number of nitrogens with zero attached hydrogens (tertiary/aromatic N) is 3. The number of ether oxygens (including phenoxy) is 1. The van der Waals surface area contributed by atoms with Gasteiger partial charge in [0.2, 0.25) is 0 Å². The minimum atomic E-state index is 0.0640. The quantitative estimate of drug-likeness (QED) is 0.247. The molecular weight excluding hydrogens is 430 g/mol. The summed E-state index contributed by atoms with van der Waals surface area (Å²) in [5.41, 5.74) is 9.88. The summed E-state index contributed by atoms with van der Waals surface area (Å²) in [6, 6.07) is 19.1. The first-order chi connectivity index (χ1) is 16.7. The Morgan fingerprint density at radius 3 is 2.06 bits per heavy atom. The molecule has 5 aromatic rings. The van der Waals surface area contributed by atoms with Crippen molar-refractivity contribution in [3.63, 3.8) is 0 Å². The molecule has 3 heterocycles. The molecule has 0 bridgehead atoms. The molecular formula is C31H29N3O. The summed E-state index contributed by atoms with van der Waals surface area (Å²) in [5.74, 6) is 1.62. The van der Waals surface area contributed by atoms with Crippen LogP contribution in [-0.4, -0.2) is 9.97 Å². The lowest BCUT2D eigenvalue weighted by molar-refractivity contribution is 0.478. The Morgan fingerprint density at radius 2 is 1.34 bits per heavy atom. The summed E-state index contributed by atoms with van der Waals surface area (Å²) in [4.78, 5) is 12.0. The third-order valence-electron chi connectivity index (χ3n) is 7.00. The number of aryl methyl sites for hydroxylation is 3. The average molecular weight is 460 g/mol. The molecule has 0 aliphatic carbocycles. The van der Waals surface area contributed by atoms with Gasteiger partial charge in [0.15, 0.2) is 11.5 Å². The lowest BCUT2D eigenvalue weighted by Gasteiger charge is -2.36. The van der Waals surface area contributed by atoms with E-state index in [1.807, 2.05) is 24.5 Å². The maximum atomic E-state index is 6.56. The summed E-state index contributed by atoms with van der Waals surface area (Å²) in [5, 5.41) is 2.20. The van der Waals surface area contributed by atoms with Crippen molar-refractivity contribution in [3.05, 3.63) is 89.2 Å². The standard InChI is InChI=1S/C31H29N3O/c1-18-17-25-30(27-23(18)10-8-14-33-27)34(28-19(2)15-22(16-20(28)3)31(4,5)6)29-24(35-25)12-11-21-9-7-13-32-26(21)29/h7-17H,1-6H3. The Balaban J connectivity index is 1.76. The fourth-order valence-electron chi connectivity index (χ4n) is 5.27. The molecule has 35 heavy (non-hydrogen) atoms. The van der Waals surface area contributed by atoms with Gasteiger partial charge in [-0.1, -0.05) is 45.0 Å². The Labute approximate surface area is 206 Å². The van der Waals surface area contributed by atoms with Crippen molar-refractivity contribution in [2.45, 2.75) is 47.0 Å². The van der Waals surface area contributed by atoms with E-state index in [0.717, 1.165) is 55.9 Å². The number of benzene rings is 3. The number of hydrogen-bond acceptors (Lipinski definition) is 4. The van der Waals surface area contributed by atoms with Crippen molar-refractivity contribution >= 4 is 38.9 Å². The third-order valence-corrected chi connectivity index (χ3v) is 7.00. The van der Waals surface area contributed by atoms with E-state index in [9.17, 15) is 0 Å². The second kappa shape index (κ2) is 7.54. The van der Waals surface area contributed by atoms with E-state index in [1.165, 1.54) is 16.7 Å². The summed E-state index contributed by atoms with van der Waals surface area (Å²) < 4.78 is 6.56. The largest absolute Gasteiger partial charge is 0.453 e. The first-order valence-electron chi connectivity index (χ1n) is 12.1. The highest BCUT2D eigenvalue weighted by Crippen LogP contribution is 2.56. The van der Waals surface area contributed by atoms with Crippen LogP contribution in [0.5, 0.6) is 11.5 Å². The molecule has 0 saturated carbocycles. The van der Waals surface area contributed by atoms with Crippen molar-refractivity contribution in [2.24, 2.45) is 0 Å². The zero-order valence-electron chi connectivity index (χ0n) is 21.1. The van der Waals surface area contributed by atoms with Gasteiger partial charge in [-0.25, -0.2) is 0 Å². The number of aromatic nitrogens is 2. The van der Waals surface area contributed by atoms with Crippen molar-refractivity contribution in [3.8, 4) is 11.5 Å². The van der Waals surface area contributed by atoms with Gasteiger partial charge in [0.05, 0.1) is 16.7 Å². The van der Waals surface area contributed by atoms with E-state index in [0.29, 0.717) is 0 Å². The molecule has 6 rings (SSSR count). The Kier molecular flexibility index (Phi) is 4.65. The molecule has 0 radical (unpaired) electrons. The zero-order valence-corrected chi connectivity index (χ0v) is 21.1. The molecule has 0 spiro atoms. The zero-order chi connectivity index (χ0) is 24.5. The van der Waals surface area contributed by atoms with Crippen LogP contribution in [-0.2, 0) is 5.41 Å². The maximum absolute atomic E-state index is 6.56. The molecule has 1 aliphatic heterocycles. The third kappa shape index (κ3) is 3.28. The number of pyridine rings is 2. The molecule has 0 amide bonds. The highest BCUT2D eigenvalue weighted by Gasteiger charge is 2.33. The molecule has 4 heteroatoms. The van der Waals surface area contributed by atoms with Crippen LogP contribution in [0.1, 0.15) is 43.0 Å². The molecule has 0 N–H and O–H groups in total. The van der Waals surface area contributed by atoms with Crippen LogP contribution in [0.4, 0.5) is 17.1 Å². The van der Waals surface area contributed by atoms with Crippen LogP contribution in [0, 0.1) is 20.8 Å². The lowest BCUT2D eigenvalue weighted by atomic mass is 9.84.